The fourth-order valence-electron chi connectivity index (χ4n) is 1.45. The molecule has 0 fully saturated rings. The second-order valence-corrected chi connectivity index (χ2v) is 3.92. The molecule has 0 heterocycles. The van der Waals surface area contributed by atoms with Crippen molar-refractivity contribution in [3.63, 3.8) is 0 Å². The van der Waals surface area contributed by atoms with Crippen molar-refractivity contribution in [2.75, 3.05) is 13.2 Å². The van der Waals surface area contributed by atoms with Crippen LogP contribution in [0.5, 0.6) is 0 Å². The molecule has 0 spiro atoms. The average molecular weight is 241 g/mol. The Morgan fingerprint density at radius 2 is 1.65 bits per heavy atom. The van der Waals surface area contributed by atoms with Crippen LogP contribution < -0.4 is 5.32 Å². The van der Waals surface area contributed by atoms with Crippen LogP contribution in [0.1, 0.15) is 5.56 Å². The molecule has 0 saturated heterocycles. The Morgan fingerprint density at radius 3 is 2.24 bits per heavy atom. The van der Waals surface area contributed by atoms with Gasteiger partial charge in [-0.1, -0.05) is 30.3 Å². The van der Waals surface area contributed by atoms with Crippen LogP contribution >= 0.6 is 0 Å². The van der Waals surface area contributed by atoms with Crippen LogP contribution in [0.4, 0.5) is 0 Å². The van der Waals surface area contributed by atoms with Crippen LogP contribution in [-0.2, 0) is 6.54 Å². The van der Waals surface area contributed by atoms with Crippen molar-refractivity contribution >= 4 is 0 Å². The first-order chi connectivity index (χ1) is 8.15. The monoisotopic (exact) mass is 241 g/mol. The predicted molar refractivity (Wildman–Crippen MR) is 63.3 cm³/mol. The molecule has 3 atom stereocenters. The van der Waals surface area contributed by atoms with Gasteiger partial charge in [0.1, 0.15) is 12.2 Å². The molecule has 1 aromatic carbocycles. The number of rotatable bonds is 7. The molecular weight excluding hydrogens is 222 g/mol. The molecule has 0 bridgehead atoms. The van der Waals surface area contributed by atoms with Gasteiger partial charge in [0.25, 0.3) is 0 Å². The van der Waals surface area contributed by atoms with E-state index in [1.807, 2.05) is 30.3 Å². The van der Waals surface area contributed by atoms with Gasteiger partial charge in [-0.05, 0) is 5.56 Å². The second kappa shape index (κ2) is 7.37. The van der Waals surface area contributed by atoms with Crippen LogP contribution in [0.15, 0.2) is 30.3 Å². The van der Waals surface area contributed by atoms with E-state index in [0.717, 1.165) is 5.56 Å². The van der Waals surface area contributed by atoms with E-state index in [1.165, 1.54) is 0 Å². The molecule has 0 aliphatic heterocycles. The normalized spacial score (nSPS) is 16.5. The third-order valence-electron chi connectivity index (χ3n) is 2.50. The molecule has 1 aromatic rings. The van der Waals surface area contributed by atoms with E-state index in [4.69, 9.17) is 10.2 Å². The second-order valence-electron chi connectivity index (χ2n) is 3.92. The van der Waals surface area contributed by atoms with Crippen LogP contribution in [0.2, 0.25) is 0 Å². The van der Waals surface area contributed by atoms with Crippen molar-refractivity contribution in [1.82, 2.24) is 5.32 Å². The lowest BCUT2D eigenvalue weighted by molar-refractivity contribution is -0.0750. The van der Waals surface area contributed by atoms with E-state index in [-0.39, 0.29) is 6.54 Å². The maximum absolute atomic E-state index is 9.51. The van der Waals surface area contributed by atoms with Gasteiger partial charge in [0.05, 0.1) is 12.7 Å². The van der Waals surface area contributed by atoms with E-state index >= 15 is 0 Å². The standard InChI is InChI=1S/C12H19NO4/c14-8-11(16)12(17)10(15)7-13-6-9-4-2-1-3-5-9/h1-5,10-17H,6-8H2/t10-,11+,12-/m1/s1. The first-order valence-electron chi connectivity index (χ1n) is 5.55. The minimum absolute atomic E-state index is 0.146. The summed E-state index contributed by atoms with van der Waals surface area (Å²) in [6.07, 6.45) is -3.77. The zero-order valence-electron chi connectivity index (χ0n) is 9.53. The Bertz CT molecular complexity index is 307. The quantitative estimate of drug-likeness (QED) is 0.416. The van der Waals surface area contributed by atoms with Crippen molar-refractivity contribution in [1.29, 1.82) is 0 Å². The number of aliphatic hydroxyl groups is 4. The highest BCUT2D eigenvalue weighted by Crippen LogP contribution is 2.01. The first-order valence-corrected chi connectivity index (χ1v) is 5.55. The zero-order chi connectivity index (χ0) is 12.7. The SMILES string of the molecule is OC[C@H](O)[C@H](O)[C@H](O)CNCc1ccccc1. The molecular formula is C12H19NO4. The third-order valence-corrected chi connectivity index (χ3v) is 2.50. The largest absolute Gasteiger partial charge is 0.394 e. The van der Waals surface area contributed by atoms with Gasteiger partial charge in [-0.3, -0.25) is 0 Å². The number of hydrogen-bond donors (Lipinski definition) is 5. The van der Waals surface area contributed by atoms with Crippen LogP contribution in [0.25, 0.3) is 0 Å². The summed E-state index contributed by atoms with van der Waals surface area (Å²) in [7, 11) is 0. The lowest BCUT2D eigenvalue weighted by atomic mass is 10.1. The molecule has 0 aliphatic rings. The molecule has 0 saturated carbocycles. The Balaban J connectivity index is 2.27. The number of benzene rings is 1. The predicted octanol–water partition coefficient (Wildman–Crippen LogP) is -1.15. The maximum atomic E-state index is 9.51. The van der Waals surface area contributed by atoms with Crippen molar-refractivity contribution < 1.29 is 20.4 Å². The molecule has 96 valence electrons. The summed E-state index contributed by atoms with van der Waals surface area (Å²) in [5.74, 6) is 0. The molecule has 0 amide bonds. The average Bonchev–Trinajstić information content (AvgIpc) is 2.38. The third kappa shape index (κ3) is 4.80. The molecule has 0 unspecified atom stereocenters. The van der Waals surface area contributed by atoms with Crippen LogP contribution in [-0.4, -0.2) is 51.9 Å². The van der Waals surface area contributed by atoms with Crippen LogP contribution in [0.3, 0.4) is 0 Å². The molecule has 5 heteroatoms. The summed E-state index contributed by atoms with van der Waals surface area (Å²) < 4.78 is 0. The van der Waals surface area contributed by atoms with Crippen molar-refractivity contribution in [2.45, 2.75) is 24.9 Å². The molecule has 0 aromatic heterocycles. The number of nitrogens with one attached hydrogen (secondary N) is 1. The number of aliphatic hydroxyl groups excluding tert-OH is 4. The Kier molecular flexibility index (Phi) is 6.10. The van der Waals surface area contributed by atoms with E-state index in [0.29, 0.717) is 6.54 Å². The van der Waals surface area contributed by atoms with Crippen LogP contribution in [0, 0.1) is 0 Å². The lowest BCUT2D eigenvalue weighted by Gasteiger charge is -2.21. The highest BCUT2D eigenvalue weighted by molar-refractivity contribution is 5.14. The van der Waals surface area contributed by atoms with Crippen molar-refractivity contribution in [3.05, 3.63) is 35.9 Å². The summed E-state index contributed by atoms with van der Waals surface area (Å²) in [6.45, 7) is 0.143. The van der Waals surface area contributed by atoms with E-state index < -0.39 is 24.9 Å². The minimum Gasteiger partial charge on any atom is -0.394 e. The maximum Gasteiger partial charge on any atom is 0.109 e. The van der Waals surface area contributed by atoms with E-state index in [2.05, 4.69) is 5.32 Å². The molecule has 0 radical (unpaired) electrons. The summed E-state index contributed by atoms with van der Waals surface area (Å²) in [5.41, 5.74) is 1.07. The van der Waals surface area contributed by atoms with Gasteiger partial charge in [0.2, 0.25) is 0 Å². The smallest absolute Gasteiger partial charge is 0.109 e. The summed E-state index contributed by atoms with van der Waals surface area (Å²) in [6, 6.07) is 9.63. The van der Waals surface area contributed by atoms with Gasteiger partial charge in [0, 0.05) is 13.1 Å². The lowest BCUT2D eigenvalue weighted by Crippen LogP contribution is -2.44. The summed E-state index contributed by atoms with van der Waals surface area (Å²) in [5, 5.41) is 39.6. The van der Waals surface area contributed by atoms with Crippen molar-refractivity contribution in [2.24, 2.45) is 0 Å². The van der Waals surface area contributed by atoms with E-state index in [9.17, 15) is 10.2 Å². The Hall–Kier alpha value is -0.980. The Labute approximate surface area is 100 Å². The molecule has 17 heavy (non-hydrogen) atoms. The minimum atomic E-state index is -1.34. The van der Waals surface area contributed by atoms with Crippen molar-refractivity contribution in [3.8, 4) is 0 Å². The van der Waals surface area contributed by atoms with Gasteiger partial charge in [0.15, 0.2) is 0 Å². The first kappa shape index (κ1) is 14.1. The highest BCUT2D eigenvalue weighted by atomic mass is 16.4. The molecule has 1 rings (SSSR count). The van der Waals surface area contributed by atoms with Gasteiger partial charge in [-0.15, -0.1) is 0 Å². The number of hydrogen-bond acceptors (Lipinski definition) is 5. The summed E-state index contributed by atoms with van der Waals surface area (Å²) in [4.78, 5) is 0. The Morgan fingerprint density at radius 1 is 1.00 bits per heavy atom. The van der Waals surface area contributed by atoms with Gasteiger partial charge in [-0.2, -0.15) is 0 Å². The zero-order valence-corrected chi connectivity index (χ0v) is 9.53. The van der Waals surface area contributed by atoms with Gasteiger partial charge in [-0.25, -0.2) is 0 Å². The van der Waals surface area contributed by atoms with Gasteiger partial charge >= 0.3 is 0 Å². The topological polar surface area (TPSA) is 93.0 Å². The highest BCUT2D eigenvalue weighted by Gasteiger charge is 2.23. The fourth-order valence-corrected chi connectivity index (χ4v) is 1.45. The summed E-state index contributed by atoms with van der Waals surface area (Å²) >= 11 is 0. The molecule has 5 nitrogen and oxygen atoms in total. The molecule has 5 N–H and O–H groups in total. The molecule has 0 aliphatic carbocycles. The fraction of sp³-hybridized carbons (Fsp3) is 0.500. The van der Waals surface area contributed by atoms with Gasteiger partial charge < -0.3 is 25.7 Å². The van der Waals surface area contributed by atoms with E-state index in [1.54, 1.807) is 0 Å².